The number of anilines is 1. The third kappa shape index (κ3) is 4.41. The molecule has 1 heterocycles. The number of nitrogens with one attached hydrogen (secondary N) is 1. The van der Waals surface area contributed by atoms with Gasteiger partial charge in [-0.1, -0.05) is 24.3 Å². The molecular weight excluding hydrogens is 357 g/mol. The number of alkyl halides is 3. The summed E-state index contributed by atoms with van der Waals surface area (Å²) in [5.41, 5.74) is 8.21. The van der Waals surface area contributed by atoms with Gasteiger partial charge in [-0.2, -0.15) is 13.2 Å². The van der Waals surface area contributed by atoms with Crippen LogP contribution in [-0.2, 0) is 12.7 Å². The van der Waals surface area contributed by atoms with Gasteiger partial charge < -0.3 is 11.1 Å². The maximum atomic E-state index is 12.6. The molecule has 1 amide bonds. The van der Waals surface area contributed by atoms with Crippen LogP contribution in [0.15, 0.2) is 60.9 Å². The Bertz CT molecular complexity index is 941. The Morgan fingerprint density at radius 2 is 1.67 bits per heavy atom. The fraction of sp³-hybridized carbons (Fsp3) is 0.105. The number of aromatic nitrogens is 2. The zero-order chi connectivity index (χ0) is 19.4. The summed E-state index contributed by atoms with van der Waals surface area (Å²) in [6.45, 7) is 0.317. The van der Waals surface area contributed by atoms with Crippen molar-refractivity contribution in [2.75, 3.05) is 5.32 Å². The lowest BCUT2D eigenvalue weighted by atomic mass is 10.00. The number of nitrogens with two attached hydrogens (primary N) is 1. The van der Waals surface area contributed by atoms with Gasteiger partial charge in [0.1, 0.15) is 0 Å². The summed E-state index contributed by atoms with van der Waals surface area (Å²) in [6, 6.07) is 14.2. The molecule has 0 atom stereocenters. The summed E-state index contributed by atoms with van der Waals surface area (Å²) < 4.78 is 37.8. The lowest BCUT2D eigenvalue weighted by molar-refractivity contribution is -0.144. The largest absolute Gasteiger partial charge is 0.451 e. The van der Waals surface area contributed by atoms with Crippen LogP contribution in [0.4, 0.5) is 18.9 Å². The Balaban J connectivity index is 1.90. The number of nitrogens with zero attached hydrogens (tertiary/aromatic N) is 2. The van der Waals surface area contributed by atoms with E-state index in [0.29, 0.717) is 28.8 Å². The van der Waals surface area contributed by atoms with Crippen molar-refractivity contribution in [2.45, 2.75) is 12.7 Å². The second kappa shape index (κ2) is 7.45. The van der Waals surface area contributed by atoms with Gasteiger partial charge in [0, 0.05) is 35.8 Å². The van der Waals surface area contributed by atoms with E-state index in [1.165, 1.54) is 6.07 Å². The lowest BCUT2D eigenvalue weighted by Crippen LogP contribution is -2.15. The third-order valence-electron chi connectivity index (χ3n) is 3.87. The molecule has 3 N–H and O–H groups in total. The second-order valence-electron chi connectivity index (χ2n) is 5.75. The number of halogens is 3. The SMILES string of the molecule is NC(=O)c1ccc(-c2cnc(C(F)(F)F)nc2)cc1CNc1ccccc1. The molecule has 27 heavy (non-hydrogen) atoms. The molecule has 0 bridgehead atoms. The van der Waals surface area contributed by atoms with Crippen molar-refractivity contribution in [3.8, 4) is 11.1 Å². The average molecular weight is 372 g/mol. The van der Waals surface area contributed by atoms with Gasteiger partial charge in [0.05, 0.1) is 0 Å². The smallest absolute Gasteiger partial charge is 0.381 e. The van der Waals surface area contributed by atoms with E-state index in [1.807, 2.05) is 30.3 Å². The number of carbonyl (C=O) groups is 1. The minimum atomic E-state index is -4.60. The molecule has 0 radical (unpaired) electrons. The van der Waals surface area contributed by atoms with Gasteiger partial charge >= 0.3 is 6.18 Å². The number of hydrogen-bond donors (Lipinski definition) is 2. The van der Waals surface area contributed by atoms with Crippen molar-refractivity contribution in [2.24, 2.45) is 5.73 Å². The molecule has 0 spiro atoms. The zero-order valence-corrected chi connectivity index (χ0v) is 14.0. The number of benzene rings is 2. The molecule has 0 fully saturated rings. The Morgan fingerprint density at radius 1 is 1.00 bits per heavy atom. The van der Waals surface area contributed by atoms with E-state index in [-0.39, 0.29) is 0 Å². The fourth-order valence-electron chi connectivity index (χ4n) is 2.54. The van der Waals surface area contributed by atoms with Gasteiger partial charge in [-0.05, 0) is 35.4 Å². The Morgan fingerprint density at radius 3 is 2.26 bits per heavy atom. The van der Waals surface area contributed by atoms with Crippen LogP contribution in [0.5, 0.6) is 0 Å². The van der Waals surface area contributed by atoms with Gasteiger partial charge in [0.2, 0.25) is 11.7 Å². The van der Waals surface area contributed by atoms with Gasteiger partial charge in [0.15, 0.2) is 0 Å². The third-order valence-corrected chi connectivity index (χ3v) is 3.87. The quantitative estimate of drug-likeness (QED) is 0.712. The Kier molecular flexibility index (Phi) is 5.07. The van der Waals surface area contributed by atoms with E-state index in [4.69, 9.17) is 5.73 Å². The predicted molar refractivity (Wildman–Crippen MR) is 94.8 cm³/mol. The van der Waals surface area contributed by atoms with Crippen molar-refractivity contribution in [1.29, 1.82) is 0 Å². The van der Waals surface area contributed by atoms with Gasteiger partial charge in [-0.15, -0.1) is 0 Å². The van der Waals surface area contributed by atoms with Crippen LogP contribution in [0, 0.1) is 0 Å². The number of primary amides is 1. The fourth-order valence-corrected chi connectivity index (χ4v) is 2.54. The minimum absolute atomic E-state index is 0.317. The topological polar surface area (TPSA) is 80.9 Å². The van der Waals surface area contributed by atoms with Crippen molar-refractivity contribution < 1.29 is 18.0 Å². The Hall–Kier alpha value is -3.42. The van der Waals surface area contributed by atoms with Gasteiger partial charge in [-0.3, -0.25) is 4.79 Å². The highest BCUT2D eigenvalue weighted by Crippen LogP contribution is 2.28. The second-order valence-corrected chi connectivity index (χ2v) is 5.75. The summed E-state index contributed by atoms with van der Waals surface area (Å²) >= 11 is 0. The number of carbonyl (C=O) groups excluding carboxylic acids is 1. The monoisotopic (exact) mass is 372 g/mol. The zero-order valence-electron chi connectivity index (χ0n) is 14.0. The van der Waals surface area contributed by atoms with E-state index in [9.17, 15) is 18.0 Å². The van der Waals surface area contributed by atoms with Crippen LogP contribution < -0.4 is 11.1 Å². The number of amides is 1. The van der Waals surface area contributed by atoms with Crippen LogP contribution >= 0.6 is 0 Å². The minimum Gasteiger partial charge on any atom is -0.381 e. The van der Waals surface area contributed by atoms with E-state index >= 15 is 0 Å². The van der Waals surface area contributed by atoms with Gasteiger partial charge in [-0.25, -0.2) is 9.97 Å². The molecule has 3 aromatic rings. The van der Waals surface area contributed by atoms with E-state index in [0.717, 1.165) is 18.1 Å². The van der Waals surface area contributed by atoms with Crippen molar-refractivity contribution in [3.63, 3.8) is 0 Å². The summed E-state index contributed by atoms with van der Waals surface area (Å²) in [5.74, 6) is -1.79. The summed E-state index contributed by atoms with van der Waals surface area (Å²) in [4.78, 5) is 18.4. The molecule has 5 nitrogen and oxygen atoms in total. The molecule has 8 heteroatoms. The highest BCUT2D eigenvalue weighted by atomic mass is 19.4. The standard InChI is InChI=1S/C19H15F3N4O/c20-19(21,22)18-25-10-14(11-26-18)12-6-7-16(17(23)27)13(8-12)9-24-15-4-2-1-3-5-15/h1-8,10-11,24H,9H2,(H2,23,27). The van der Waals surface area contributed by atoms with E-state index < -0.39 is 17.9 Å². The van der Waals surface area contributed by atoms with E-state index in [1.54, 1.807) is 12.1 Å². The molecule has 0 aliphatic rings. The summed E-state index contributed by atoms with van der Waals surface area (Å²) in [5, 5.41) is 3.18. The normalized spacial score (nSPS) is 11.2. The highest BCUT2D eigenvalue weighted by Gasteiger charge is 2.34. The first kappa shape index (κ1) is 18.4. The number of rotatable bonds is 5. The molecule has 138 valence electrons. The number of hydrogen-bond acceptors (Lipinski definition) is 4. The van der Waals surface area contributed by atoms with Crippen LogP contribution in [0.1, 0.15) is 21.7 Å². The van der Waals surface area contributed by atoms with Gasteiger partial charge in [0.25, 0.3) is 0 Å². The highest BCUT2D eigenvalue weighted by molar-refractivity contribution is 5.95. The van der Waals surface area contributed by atoms with Crippen molar-refractivity contribution >= 4 is 11.6 Å². The van der Waals surface area contributed by atoms with Crippen molar-refractivity contribution in [3.05, 3.63) is 77.9 Å². The molecule has 2 aromatic carbocycles. The molecule has 3 rings (SSSR count). The summed E-state index contributed by atoms with van der Waals surface area (Å²) in [7, 11) is 0. The molecular formula is C19H15F3N4O. The first-order chi connectivity index (χ1) is 12.8. The Labute approximate surface area is 153 Å². The van der Waals surface area contributed by atoms with Crippen molar-refractivity contribution in [1.82, 2.24) is 9.97 Å². The lowest BCUT2D eigenvalue weighted by Gasteiger charge is -2.12. The molecule has 0 saturated carbocycles. The summed E-state index contributed by atoms with van der Waals surface area (Å²) in [6.07, 6.45) is -2.40. The predicted octanol–water partition coefficient (Wildman–Crippen LogP) is 3.87. The van der Waals surface area contributed by atoms with Crippen LogP contribution in [-0.4, -0.2) is 15.9 Å². The van der Waals surface area contributed by atoms with E-state index in [2.05, 4.69) is 15.3 Å². The molecule has 0 unspecified atom stereocenters. The maximum absolute atomic E-state index is 12.6. The van der Waals surface area contributed by atoms with Crippen LogP contribution in [0.25, 0.3) is 11.1 Å². The number of para-hydroxylation sites is 1. The first-order valence-electron chi connectivity index (χ1n) is 7.96. The maximum Gasteiger partial charge on any atom is 0.451 e. The molecule has 0 aliphatic heterocycles. The van der Waals surface area contributed by atoms with Crippen LogP contribution in [0.3, 0.4) is 0 Å². The molecule has 1 aromatic heterocycles. The van der Waals surface area contributed by atoms with Crippen LogP contribution in [0.2, 0.25) is 0 Å². The first-order valence-corrected chi connectivity index (χ1v) is 7.96. The molecule has 0 aliphatic carbocycles. The average Bonchev–Trinajstić information content (AvgIpc) is 2.66. The molecule has 0 saturated heterocycles.